The molecular weight excluding hydrogens is 354 g/mol. The number of alkyl halides is 2. The molecule has 0 saturated carbocycles. The number of ether oxygens (including phenoxy) is 2. The molecule has 0 N–H and O–H groups in total. The van der Waals surface area contributed by atoms with Crippen molar-refractivity contribution >= 4 is 23.0 Å². The first-order valence-electron chi connectivity index (χ1n) is 6.13. The molecular formula is C13H7ClF2N2O6. The molecule has 0 atom stereocenters. The number of nitro benzene ring substituents is 2. The lowest BCUT2D eigenvalue weighted by atomic mass is 10.2. The molecule has 11 heteroatoms. The van der Waals surface area contributed by atoms with E-state index in [2.05, 4.69) is 4.74 Å². The lowest BCUT2D eigenvalue weighted by Gasteiger charge is -2.10. The first kappa shape index (κ1) is 17.3. The number of hydrogen-bond acceptors (Lipinski definition) is 6. The van der Waals surface area contributed by atoms with Gasteiger partial charge in [-0.2, -0.15) is 8.78 Å². The summed E-state index contributed by atoms with van der Waals surface area (Å²) in [6.07, 6.45) is 0. The normalized spacial score (nSPS) is 10.5. The third kappa shape index (κ3) is 4.04. The number of nitro groups is 2. The summed E-state index contributed by atoms with van der Waals surface area (Å²) in [5.41, 5.74) is -1.45. The molecule has 126 valence electrons. The summed E-state index contributed by atoms with van der Waals surface area (Å²) in [4.78, 5) is 19.8. The zero-order chi connectivity index (χ0) is 17.9. The zero-order valence-corrected chi connectivity index (χ0v) is 12.3. The van der Waals surface area contributed by atoms with Crippen LogP contribution in [0.4, 0.5) is 20.2 Å². The molecule has 2 aromatic carbocycles. The Balaban J connectivity index is 2.30. The lowest BCUT2D eigenvalue weighted by Crippen LogP contribution is -2.01. The van der Waals surface area contributed by atoms with Crippen molar-refractivity contribution in [2.24, 2.45) is 0 Å². The molecule has 0 aliphatic heterocycles. The average molecular weight is 361 g/mol. The first-order chi connectivity index (χ1) is 11.3. The fourth-order valence-corrected chi connectivity index (χ4v) is 1.94. The molecule has 0 saturated heterocycles. The van der Waals surface area contributed by atoms with E-state index in [-0.39, 0.29) is 22.3 Å². The van der Waals surface area contributed by atoms with Gasteiger partial charge in [0, 0.05) is 12.1 Å². The molecule has 24 heavy (non-hydrogen) atoms. The van der Waals surface area contributed by atoms with Gasteiger partial charge in [0.25, 0.3) is 0 Å². The van der Waals surface area contributed by atoms with Crippen LogP contribution in [0.1, 0.15) is 0 Å². The van der Waals surface area contributed by atoms with Crippen molar-refractivity contribution in [1.82, 2.24) is 0 Å². The van der Waals surface area contributed by atoms with E-state index in [1.54, 1.807) is 0 Å². The largest absolute Gasteiger partial charge is 0.456 e. The predicted octanol–water partition coefficient (Wildman–Crippen LogP) is 4.55. The van der Waals surface area contributed by atoms with E-state index in [9.17, 15) is 29.0 Å². The smallest absolute Gasteiger partial charge is 0.387 e. The van der Waals surface area contributed by atoms with Crippen LogP contribution in [0.3, 0.4) is 0 Å². The van der Waals surface area contributed by atoms with Crippen LogP contribution in [-0.4, -0.2) is 16.5 Å². The second-order valence-corrected chi connectivity index (χ2v) is 4.64. The number of hydrogen-bond donors (Lipinski definition) is 0. The maximum Gasteiger partial charge on any atom is 0.387 e. The van der Waals surface area contributed by atoms with Gasteiger partial charge in [0.2, 0.25) is 0 Å². The molecule has 0 unspecified atom stereocenters. The Morgan fingerprint density at radius 2 is 1.58 bits per heavy atom. The summed E-state index contributed by atoms with van der Waals surface area (Å²) < 4.78 is 33.7. The Labute approximate surface area is 137 Å². The molecule has 0 aliphatic rings. The topological polar surface area (TPSA) is 105 Å². The molecule has 0 heterocycles. The summed E-state index contributed by atoms with van der Waals surface area (Å²) >= 11 is 5.85. The standard InChI is InChI=1S/C13H7ClF2N2O6/c14-9-5-7(24-13(15)16)2-4-12(9)23-8-1-3-10(17(19)20)11(6-8)18(21)22/h1-6,13H. The first-order valence-corrected chi connectivity index (χ1v) is 6.51. The monoisotopic (exact) mass is 360 g/mol. The maximum atomic E-state index is 12.1. The van der Waals surface area contributed by atoms with Crippen molar-refractivity contribution in [3.63, 3.8) is 0 Å². The Hall–Kier alpha value is -3.01. The van der Waals surface area contributed by atoms with Gasteiger partial charge in [0.1, 0.15) is 17.2 Å². The molecule has 0 aliphatic carbocycles. The summed E-state index contributed by atoms with van der Waals surface area (Å²) in [5, 5.41) is 21.5. The van der Waals surface area contributed by atoms with Crippen LogP contribution in [0.2, 0.25) is 5.02 Å². The van der Waals surface area contributed by atoms with Crippen LogP contribution >= 0.6 is 11.6 Å². The van der Waals surface area contributed by atoms with E-state index in [0.717, 1.165) is 30.3 Å². The van der Waals surface area contributed by atoms with Crippen LogP contribution in [0.25, 0.3) is 0 Å². The number of rotatable bonds is 6. The predicted molar refractivity (Wildman–Crippen MR) is 77.9 cm³/mol. The molecule has 2 aromatic rings. The number of benzene rings is 2. The Morgan fingerprint density at radius 3 is 2.12 bits per heavy atom. The Morgan fingerprint density at radius 1 is 0.958 bits per heavy atom. The highest BCUT2D eigenvalue weighted by atomic mass is 35.5. The minimum Gasteiger partial charge on any atom is -0.456 e. The van der Waals surface area contributed by atoms with E-state index in [0.29, 0.717) is 0 Å². The van der Waals surface area contributed by atoms with Gasteiger partial charge in [-0.05, 0) is 18.2 Å². The molecule has 0 amide bonds. The van der Waals surface area contributed by atoms with Crippen molar-refractivity contribution in [1.29, 1.82) is 0 Å². The van der Waals surface area contributed by atoms with Gasteiger partial charge >= 0.3 is 18.0 Å². The molecule has 2 rings (SSSR count). The molecule has 0 spiro atoms. The molecule has 0 fully saturated rings. The minimum atomic E-state index is -3.02. The van der Waals surface area contributed by atoms with Crippen LogP contribution in [0.5, 0.6) is 17.2 Å². The second kappa shape index (κ2) is 7.04. The fourth-order valence-electron chi connectivity index (χ4n) is 1.73. The van der Waals surface area contributed by atoms with Crippen molar-refractivity contribution < 1.29 is 28.1 Å². The van der Waals surface area contributed by atoms with E-state index >= 15 is 0 Å². The average Bonchev–Trinajstić information content (AvgIpc) is 2.49. The van der Waals surface area contributed by atoms with E-state index in [1.165, 1.54) is 6.07 Å². The highest BCUT2D eigenvalue weighted by Gasteiger charge is 2.25. The number of nitrogens with zero attached hydrogens (tertiary/aromatic N) is 2. The molecule has 8 nitrogen and oxygen atoms in total. The van der Waals surface area contributed by atoms with Gasteiger partial charge in [-0.25, -0.2) is 0 Å². The fraction of sp³-hybridized carbons (Fsp3) is 0.0769. The Bertz CT molecular complexity index is 802. The molecule has 0 bridgehead atoms. The van der Waals surface area contributed by atoms with Crippen LogP contribution in [0.15, 0.2) is 36.4 Å². The number of halogens is 3. The quantitative estimate of drug-likeness (QED) is 0.552. The van der Waals surface area contributed by atoms with Crippen LogP contribution < -0.4 is 9.47 Å². The van der Waals surface area contributed by atoms with E-state index in [4.69, 9.17) is 16.3 Å². The SMILES string of the molecule is O=[N+]([O-])c1ccc(Oc2ccc(OC(F)F)cc2Cl)cc1[N+](=O)[O-]. The van der Waals surface area contributed by atoms with Gasteiger partial charge in [0.05, 0.1) is 20.9 Å². The molecule has 0 aromatic heterocycles. The Kier molecular flexibility index (Phi) is 5.09. The molecule has 0 radical (unpaired) electrons. The van der Waals surface area contributed by atoms with Crippen molar-refractivity contribution in [3.8, 4) is 17.2 Å². The summed E-state index contributed by atoms with van der Waals surface area (Å²) in [5.74, 6) is -0.282. The van der Waals surface area contributed by atoms with Gasteiger partial charge in [0.15, 0.2) is 0 Å². The van der Waals surface area contributed by atoms with Crippen LogP contribution in [-0.2, 0) is 0 Å². The maximum absolute atomic E-state index is 12.1. The second-order valence-electron chi connectivity index (χ2n) is 4.24. The van der Waals surface area contributed by atoms with Crippen molar-refractivity contribution in [3.05, 3.63) is 61.6 Å². The summed E-state index contributed by atoms with van der Waals surface area (Å²) in [6.45, 7) is -3.02. The highest BCUT2D eigenvalue weighted by Crippen LogP contribution is 2.36. The van der Waals surface area contributed by atoms with Gasteiger partial charge in [-0.1, -0.05) is 11.6 Å². The zero-order valence-electron chi connectivity index (χ0n) is 11.5. The lowest BCUT2D eigenvalue weighted by molar-refractivity contribution is -0.422. The summed E-state index contributed by atoms with van der Waals surface area (Å²) in [7, 11) is 0. The van der Waals surface area contributed by atoms with Crippen LogP contribution in [0, 0.1) is 20.2 Å². The summed E-state index contributed by atoms with van der Waals surface area (Å²) in [6, 6.07) is 6.36. The van der Waals surface area contributed by atoms with Gasteiger partial charge < -0.3 is 9.47 Å². The highest BCUT2D eigenvalue weighted by molar-refractivity contribution is 6.32. The van der Waals surface area contributed by atoms with Crippen molar-refractivity contribution in [2.75, 3.05) is 0 Å². The van der Waals surface area contributed by atoms with Crippen molar-refractivity contribution in [2.45, 2.75) is 6.61 Å². The van der Waals surface area contributed by atoms with E-state index < -0.39 is 27.8 Å². The van der Waals surface area contributed by atoms with E-state index in [1.807, 2.05) is 0 Å². The third-order valence-corrected chi connectivity index (χ3v) is 2.99. The minimum absolute atomic E-state index is 0.00133. The van der Waals surface area contributed by atoms with Gasteiger partial charge in [-0.15, -0.1) is 0 Å². The van der Waals surface area contributed by atoms with Gasteiger partial charge in [-0.3, -0.25) is 20.2 Å². The third-order valence-electron chi connectivity index (χ3n) is 2.70.